The molecule has 0 radical (unpaired) electrons. The van der Waals surface area contributed by atoms with Gasteiger partial charge in [-0.05, 0) is 24.6 Å². The molecule has 1 fully saturated rings. The third kappa shape index (κ3) is 3.50. The zero-order chi connectivity index (χ0) is 20.5. The van der Waals surface area contributed by atoms with Crippen LogP contribution in [0.2, 0.25) is 0 Å². The summed E-state index contributed by atoms with van der Waals surface area (Å²) >= 11 is 0. The summed E-state index contributed by atoms with van der Waals surface area (Å²) in [5.41, 5.74) is 1.38. The van der Waals surface area contributed by atoms with Crippen LogP contribution >= 0.6 is 0 Å². The number of amides is 1. The van der Waals surface area contributed by atoms with Crippen LogP contribution in [0.1, 0.15) is 12.8 Å². The van der Waals surface area contributed by atoms with Crippen LogP contribution in [0.3, 0.4) is 0 Å². The fraction of sp³-hybridized carbons (Fsp3) is 0.200. The second-order valence-corrected chi connectivity index (χ2v) is 6.93. The fourth-order valence-electron chi connectivity index (χ4n) is 3.34. The van der Waals surface area contributed by atoms with Gasteiger partial charge in [-0.1, -0.05) is 6.07 Å². The lowest BCUT2D eigenvalue weighted by Gasteiger charge is -2.11. The molecule has 0 aromatic carbocycles. The van der Waals surface area contributed by atoms with Crippen molar-refractivity contribution in [3.8, 4) is 17.2 Å². The van der Waals surface area contributed by atoms with Crippen LogP contribution < -0.4 is 10.2 Å². The number of nitrogens with zero attached hydrogens (tertiary/aromatic N) is 8. The zero-order valence-corrected chi connectivity index (χ0v) is 16.3. The van der Waals surface area contributed by atoms with Crippen LogP contribution in [0.25, 0.3) is 17.2 Å². The van der Waals surface area contributed by atoms with Crippen molar-refractivity contribution in [1.29, 1.82) is 0 Å². The van der Waals surface area contributed by atoms with Crippen LogP contribution in [-0.4, -0.2) is 46.7 Å². The summed E-state index contributed by atoms with van der Waals surface area (Å²) in [6.45, 7) is 0.705. The largest absolute Gasteiger partial charge is 0.307 e. The molecule has 1 aliphatic rings. The normalized spacial score (nSPS) is 13.8. The van der Waals surface area contributed by atoms with Crippen LogP contribution in [0.4, 0.5) is 17.6 Å². The molecule has 0 spiro atoms. The predicted molar refractivity (Wildman–Crippen MR) is 110 cm³/mol. The summed E-state index contributed by atoms with van der Waals surface area (Å²) in [7, 11) is 1.85. The average molecular weight is 401 g/mol. The first kappa shape index (κ1) is 18.0. The Kier molecular flexibility index (Phi) is 4.43. The van der Waals surface area contributed by atoms with E-state index in [4.69, 9.17) is 4.98 Å². The van der Waals surface area contributed by atoms with E-state index >= 15 is 0 Å². The molecule has 4 aromatic rings. The van der Waals surface area contributed by atoms with Crippen molar-refractivity contribution in [2.45, 2.75) is 12.8 Å². The molecule has 5 rings (SSSR count). The maximum atomic E-state index is 12.0. The Morgan fingerprint density at radius 1 is 1.03 bits per heavy atom. The minimum absolute atomic E-state index is 0.107. The molecule has 10 nitrogen and oxygen atoms in total. The highest BCUT2D eigenvalue weighted by Crippen LogP contribution is 2.22. The molecule has 5 heterocycles. The highest BCUT2D eigenvalue weighted by atomic mass is 16.2. The van der Waals surface area contributed by atoms with Gasteiger partial charge >= 0.3 is 0 Å². The van der Waals surface area contributed by atoms with E-state index in [0.29, 0.717) is 47.8 Å². The number of carbonyl (C=O) groups excluding carboxylic acids is 1. The van der Waals surface area contributed by atoms with Gasteiger partial charge in [-0.15, -0.1) is 0 Å². The van der Waals surface area contributed by atoms with Crippen molar-refractivity contribution in [2.75, 3.05) is 16.8 Å². The van der Waals surface area contributed by atoms with Gasteiger partial charge in [0.05, 0.1) is 17.6 Å². The van der Waals surface area contributed by atoms with Gasteiger partial charge in [0.2, 0.25) is 11.9 Å². The number of hydrogen-bond acceptors (Lipinski definition) is 7. The molecule has 0 saturated carbocycles. The smallest absolute Gasteiger partial charge is 0.228 e. The van der Waals surface area contributed by atoms with Crippen molar-refractivity contribution in [3.05, 3.63) is 55.2 Å². The Bertz CT molecular complexity index is 1210. The summed E-state index contributed by atoms with van der Waals surface area (Å²) < 4.78 is 3.50. The quantitative estimate of drug-likeness (QED) is 0.547. The number of nitrogens with one attached hydrogen (secondary N) is 1. The number of aryl methyl sites for hydroxylation is 1. The topological polar surface area (TPSA) is 107 Å². The van der Waals surface area contributed by atoms with E-state index in [-0.39, 0.29) is 5.91 Å². The monoisotopic (exact) mass is 401 g/mol. The van der Waals surface area contributed by atoms with Gasteiger partial charge in [0.15, 0.2) is 11.6 Å². The molecule has 30 heavy (non-hydrogen) atoms. The minimum Gasteiger partial charge on any atom is -0.307 e. The first-order valence-electron chi connectivity index (χ1n) is 9.57. The van der Waals surface area contributed by atoms with Gasteiger partial charge in [-0.3, -0.25) is 18.9 Å². The molecule has 0 unspecified atom stereocenters. The van der Waals surface area contributed by atoms with Crippen molar-refractivity contribution < 1.29 is 4.79 Å². The van der Waals surface area contributed by atoms with Gasteiger partial charge < -0.3 is 5.32 Å². The number of anilines is 3. The first-order valence-corrected chi connectivity index (χ1v) is 9.57. The molecule has 150 valence electrons. The second-order valence-electron chi connectivity index (χ2n) is 6.93. The standard InChI is InChI=1S/C20H19N9O/c1-27-11-8-16(26-27)25-20-21-9-7-15(24-20)14-4-2-5-17(23-14)28-12-18(22-13-28)29-10-3-6-19(29)30/h2,4-5,7-9,11-13H,3,6,10H2,1H3,(H,21,24,25,26). The van der Waals surface area contributed by atoms with Crippen molar-refractivity contribution in [1.82, 2.24) is 34.3 Å². The van der Waals surface area contributed by atoms with Crippen molar-refractivity contribution >= 4 is 23.5 Å². The van der Waals surface area contributed by atoms with E-state index in [2.05, 4.69) is 25.4 Å². The van der Waals surface area contributed by atoms with Crippen LogP contribution in [0, 0.1) is 0 Å². The highest BCUT2D eigenvalue weighted by molar-refractivity contribution is 5.94. The molecule has 0 aliphatic carbocycles. The van der Waals surface area contributed by atoms with E-state index in [0.717, 1.165) is 6.42 Å². The maximum absolute atomic E-state index is 12.0. The molecule has 1 N–H and O–H groups in total. The van der Waals surface area contributed by atoms with E-state index in [9.17, 15) is 4.79 Å². The highest BCUT2D eigenvalue weighted by Gasteiger charge is 2.23. The van der Waals surface area contributed by atoms with Crippen LogP contribution in [0.15, 0.2) is 55.2 Å². The van der Waals surface area contributed by atoms with Gasteiger partial charge in [0.1, 0.15) is 12.1 Å². The Morgan fingerprint density at radius 2 is 1.93 bits per heavy atom. The summed E-state index contributed by atoms with van der Waals surface area (Å²) in [5, 5.41) is 7.36. The molecular weight excluding hydrogens is 382 g/mol. The fourth-order valence-corrected chi connectivity index (χ4v) is 3.34. The molecular formula is C20H19N9O. The minimum atomic E-state index is 0.107. The lowest BCUT2D eigenvalue weighted by molar-refractivity contribution is -0.117. The molecule has 0 bridgehead atoms. The maximum Gasteiger partial charge on any atom is 0.228 e. The molecule has 4 aromatic heterocycles. The summed E-state index contributed by atoms with van der Waals surface area (Å²) in [6, 6.07) is 9.33. The lowest BCUT2D eigenvalue weighted by Crippen LogP contribution is -2.23. The number of hydrogen-bond donors (Lipinski definition) is 1. The molecule has 1 aliphatic heterocycles. The number of carbonyl (C=O) groups is 1. The van der Waals surface area contributed by atoms with Crippen molar-refractivity contribution in [2.24, 2.45) is 7.05 Å². The van der Waals surface area contributed by atoms with Crippen LogP contribution in [-0.2, 0) is 11.8 Å². The Balaban J connectivity index is 1.41. The number of aromatic nitrogens is 7. The summed E-state index contributed by atoms with van der Waals surface area (Å²) in [4.78, 5) is 31.5. The average Bonchev–Trinajstić information content (AvgIpc) is 3.50. The summed E-state index contributed by atoms with van der Waals surface area (Å²) in [6.07, 6.45) is 8.44. The van der Waals surface area contributed by atoms with E-state index in [1.165, 1.54) is 0 Å². The molecule has 10 heteroatoms. The second kappa shape index (κ2) is 7.39. The zero-order valence-electron chi connectivity index (χ0n) is 16.3. The number of rotatable bonds is 5. The first-order chi connectivity index (χ1) is 14.7. The molecule has 1 amide bonds. The van der Waals surface area contributed by atoms with E-state index in [1.54, 1.807) is 32.7 Å². The number of imidazole rings is 1. The van der Waals surface area contributed by atoms with Gasteiger partial charge in [-0.2, -0.15) is 5.10 Å². The lowest BCUT2D eigenvalue weighted by atomic mass is 10.2. The summed E-state index contributed by atoms with van der Waals surface area (Å²) in [5.74, 6) is 2.55. The number of pyridine rings is 1. The molecule has 1 saturated heterocycles. The predicted octanol–water partition coefficient (Wildman–Crippen LogP) is 2.33. The van der Waals surface area contributed by atoms with Gasteiger partial charge in [-0.25, -0.2) is 19.9 Å². The Morgan fingerprint density at radius 3 is 2.73 bits per heavy atom. The third-order valence-electron chi connectivity index (χ3n) is 4.79. The Hall–Kier alpha value is -4.08. The van der Waals surface area contributed by atoms with Crippen LogP contribution in [0.5, 0.6) is 0 Å². The van der Waals surface area contributed by atoms with E-state index < -0.39 is 0 Å². The van der Waals surface area contributed by atoms with Crippen molar-refractivity contribution in [3.63, 3.8) is 0 Å². The van der Waals surface area contributed by atoms with Gasteiger partial charge in [0, 0.05) is 38.5 Å². The van der Waals surface area contributed by atoms with E-state index in [1.807, 2.05) is 43.7 Å². The Labute approximate surface area is 172 Å². The third-order valence-corrected chi connectivity index (χ3v) is 4.79. The molecule has 0 atom stereocenters. The van der Waals surface area contributed by atoms with Gasteiger partial charge in [0.25, 0.3) is 0 Å². The SMILES string of the molecule is Cn1ccc(Nc2nccc(-c3cccc(-n4cnc(N5CCCC5=O)c4)n3)n2)n1.